The molecule has 142 valence electrons. The summed E-state index contributed by atoms with van der Waals surface area (Å²) < 4.78 is 0. The number of hydrogen-bond acceptors (Lipinski definition) is 4. The fourth-order valence-corrected chi connectivity index (χ4v) is 3.64. The Morgan fingerprint density at radius 3 is 2.35 bits per heavy atom. The maximum Gasteiger partial charge on any atom is 0.319 e. The van der Waals surface area contributed by atoms with Gasteiger partial charge in [0.15, 0.2) is 0 Å². The van der Waals surface area contributed by atoms with Crippen LogP contribution in [0.4, 0.5) is 16.3 Å². The summed E-state index contributed by atoms with van der Waals surface area (Å²) in [6.07, 6.45) is 6.99. The Bertz CT molecular complexity index is 617. The van der Waals surface area contributed by atoms with Crippen molar-refractivity contribution in [3.8, 4) is 0 Å². The maximum atomic E-state index is 12.5. The number of rotatable bonds is 3. The molecular weight excluding hydrogens is 330 g/mol. The van der Waals surface area contributed by atoms with Crippen molar-refractivity contribution in [1.82, 2.24) is 14.8 Å². The molecule has 0 saturated carbocycles. The third-order valence-electron chi connectivity index (χ3n) is 5.24. The van der Waals surface area contributed by atoms with Gasteiger partial charge < -0.3 is 20.0 Å². The minimum atomic E-state index is -0.0650. The van der Waals surface area contributed by atoms with Crippen LogP contribution in [0.25, 0.3) is 0 Å². The van der Waals surface area contributed by atoms with E-state index in [0.29, 0.717) is 31.7 Å². The first-order valence-corrected chi connectivity index (χ1v) is 9.52. The molecule has 2 saturated heterocycles. The summed E-state index contributed by atoms with van der Waals surface area (Å²) in [7, 11) is 3.50. The summed E-state index contributed by atoms with van der Waals surface area (Å²) in [5, 5.41) is 2.93. The van der Waals surface area contributed by atoms with Crippen molar-refractivity contribution in [3.63, 3.8) is 0 Å². The lowest BCUT2D eigenvalue weighted by atomic mass is 9.96. The Labute approximate surface area is 155 Å². The Morgan fingerprint density at radius 2 is 1.77 bits per heavy atom. The summed E-state index contributed by atoms with van der Waals surface area (Å²) in [6.45, 7) is 3.40. The van der Waals surface area contributed by atoms with Crippen LogP contribution in [0.15, 0.2) is 18.3 Å². The van der Waals surface area contributed by atoms with Gasteiger partial charge in [0.25, 0.3) is 0 Å². The summed E-state index contributed by atoms with van der Waals surface area (Å²) in [5.74, 6) is 0.535. The van der Waals surface area contributed by atoms with E-state index in [1.165, 1.54) is 19.3 Å². The molecule has 2 aliphatic heterocycles. The van der Waals surface area contributed by atoms with Crippen molar-refractivity contribution in [2.75, 3.05) is 50.5 Å². The number of likely N-dealkylation sites (tertiary alicyclic amines) is 1. The molecule has 3 amide bonds. The lowest BCUT2D eigenvalue weighted by Crippen LogP contribution is -2.45. The summed E-state index contributed by atoms with van der Waals surface area (Å²) in [5.41, 5.74) is 1.12. The summed E-state index contributed by atoms with van der Waals surface area (Å²) in [4.78, 5) is 34.6. The number of carbonyl (C=O) groups is 2. The average Bonchev–Trinajstić information content (AvgIpc) is 2.68. The van der Waals surface area contributed by atoms with Gasteiger partial charge >= 0.3 is 6.03 Å². The van der Waals surface area contributed by atoms with E-state index in [0.717, 1.165) is 18.8 Å². The summed E-state index contributed by atoms with van der Waals surface area (Å²) in [6, 6.07) is 3.93. The van der Waals surface area contributed by atoms with Crippen LogP contribution in [0, 0.1) is 5.92 Å². The smallest absolute Gasteiger partial charge is 0.319 e. The largest absolute Gasteiger partial charge is 0.370 e. The van der Waals surface area contributed by atoms with Gasteiger partial charge in [0.05, 0.1) is 11.9 Å². The molecule has 0 aliphatic carbocycles. The highest BCUT2D eigenvalue weighted by Crippen LogP contribution is 2.22. The molecule has 0 spiro atoms. The van der Waals surface area contributed by atoms with Gasteiger partial charge in [0.2, 0.25) is 5.91 Å². The van der Waals surface area contributed by atoms with Crippen molar-refractivity contribution >= 4 is 23.4 Å². The third-order valence-corrected chi connectivity index (χ3v) is 5.24. The van der Waals surface area contributed by atoms with Gasteiger partial charge in [-0.2, -0.15) is 0 Å². The third kappa shape index (κ3) is 4.45. The topological polar surface area (TPSA) is 68.8 Å². The van der Waals surface area contributed by atoms with Crippen molar-refractivity contribution in [1.29, 1.82) is 0 Å². The van der Waals surface area contributed by atoms with Gasteiger partial charge in [-0.3, -0.25) is 4.79 Å². The molecule has 0 aromatic carbocycles. The molecule has 2 aliphatic rings. The second kappa shape index (κ2) is 8.38. The fourth-order valence-electron chi connectivity index (χ4n) is 3.64. The molecule has 0 unspecified atom stereocenters. The van der Waals surface area contributed by atoms with Gasteiger partial charge in [-0.25, -0.2) is 9.78 Å². The molecule has 1 N–H and O–H groups in total. The van der Waals surface area contributed by atoms with Gasteiger partial charge in [-0.05, 0) is 44.2 Å². The van der Waals surface area contributed by atoms with Crippen LogP contribution in [-0.4, -0.2) is 67.0 Å². The lowest BCUT2D eigenvalue weighted by Gasteiger charge is -2.33. The van der Waals surface area contributed by atoms with Gasteiger partial charge in [-0.15, -0.1) is 0 Å². The molecule has 0 atom stereocenters. The maximum absolute atomic E-state index is 12.5. The molecule has 3 heterocycles. The minimum Gasteiger partial charge on any atom is -0.370 e. The quantitative estimate of drug-likeness (QED) is 0.900. The minimum absolute atomic E-state index is 0.000162. The number of piperidine rings is 2. The highest BCUT2D eigenvalue weighted by Gasteiger charge is 2.28. The van der Waals surface area contributed by atoms with Crippen LogP contribution in [0.3, 0.4) is 0 Å². The van der Waals surface area contributed by atoms with Crippen molar-refractivity contribution < 1.29 is 9.59 Å². The molecule has 2 fully saturated rings. The van der Waals surface area contributed by atoms with E-state index in [-0.39, 0.29) is 17.9 Å². The monoisotopic (exact) mass is 359 g/mol. The Hall–Kier alpha value is -2.31. The zero-order valence-corrected chi connectivity index (χ0v) is 15.8. The number of urea groups is 1. The first kappa shape index (κ1) is 18.5. The second-order valence-corrected chi connectivity index (χ2v) is 7.38. The van der Waals surface area contributed by atoms with E-state index < -0.39 is 0 Å². The van der Waals surface area contributed by atoms with Gasteiger partial charge in [0.1, 0.15) is 5.82 Å². The van der Waals surface area contributed by atoms with Crippen LogP contribution >= 0.6 is 0 Å². The van der Waals surface area contributed by atoms with Crippen LogP contribution in [0.5, 0.6) is 0 Å². The van der Waals surface area contributed by atoms with Crippen LogP contribution < -0.4 is 10.2 Å². The van der Waals surface area contributed by atoms with Crippen LogP contribution in [-0.2, 0) is 4.79 Å². The van der Waals surface area contributed by atoms with E-state index in [4.69, 9.17) is 0 Å². The highest BCUT2D eigenvalue weighted by molar-refractivity contribution is 5.92. The van der Waals surface area contributed by atoms with Gasteiger partial charge in [-0.1, -0.05) is 0 Å². The van der Waals surface area contributed by atoms with Gasteiger partial charge in [0, 0.05) is 46.2 Å². The Kier molecular flexibility index (Phi) is 5.96. The van der Waals surface area contributed by atoms with Crippen molar-refractivity contribution in [2.45, 2.75) is 32.1 Å². The lowest BCUT2D eigenvalue weighted by molar-refractivity contribution is -0.121. The molecule has 3 rings (SSSR count). The zero-order chi connectivity index (χ0) is 18.5. The number of amides is 3. The molecule has 1 aromatic heterocycles. The van der Waals surface area contributed by atoms with Crippen LogP contribution in [0.2, 0.25) is 0 Å². The number of pyridine rings is 1. The molecule has 7 heteroatoms. The van der Waals surface area contributed by atoms with E-state index >= 15 is 0 Å². The Morgan fingerprint density at radius 1 is 1.08 bits per heavy atom. The first-order valence-electron chi connectivity index (χ1n) is 9.52. The Balaban J connectivity index is 1.50. The average molecular weight is 359 g/mol. The first-order chi connectivity index (χ1) is 12.5. The zero-order valence-electron chi connectivity index (χ0n) is 15.8. The second-order valence-electron chi connectivity index (χ2n) is 7.38. The van der Waals surface area contributed by atoms with E-state index in [1.54, 1.807) is 23.9 Å². The number of anilines is 2. The number of carbonyl (C=O) groups excluding carboxylic acids is 2. The molecule has 0 radical (unpaired) electrons. The normalized spacial score (nSPS) is 18.5. The van der Waals surface area contributed by atoms with E-state index in [2.05, 4.69) is 15.2 Å². The molecule has 1 aromatic rings. The molecule has 0 bridgehead atoms. The number of nitrogens with one attached hydrogen (secondary N) is 1. The number of aromatic nitrogens is 1. The van der Waals surface area contributed by atoms with Crippen LogP contribution in [0.1, 0.15) is 32.1 Å². The van der Waals surface area contributed by atoms with Crippen molar-refractivity contribution in [3.05, 3.63) is 18.3 Å². The number of hydrogen-bond donors (Lipinski definition) is 1. The predicted octanol–water partition coefficient (Wildman–Crippen LogP) is 2.40. The molecule has 7 nitrogen and oxygen atoms in total. The van der Waals surface area contributed by atoms with Crippen molar-refractivity contribution in [2.24, 2.45) is 5.92 Å². The highest BCUT2D eigenvalue weighted by atomic mass is 16.2. The predicted molar refractivity (Wildman–Crippen MR) is 102 cm³/mol. The molecule has 26 heavy (non-hydrogen) atoms. The van der Waals surface area contributed by atoms with E-state index in [9.17, 15) is 9.59 Å². The SMILES string of the molecule is CN(C)C(=O)N1CCC(C(=O)Nc2ccc(N3CCCCC3)cn2)CC1. The molecular formula is C19H29N5O2. The fraction of sp³-hybridized carbons (Fsp3) is 0.632. The van der Waals surface area contributed by atoms with E-state index in [1.807, 2.05) is 18.3 Å². The summed E-state index contributed by atoms with van der Waals surface area (Å²) >= 11 is 0. The number of nitrogens with zero attached hydrogens (tertiary/aromatic N) is 4. The standard InChI is InChI=1S/C19H29N5O2/c1-22(2)19(26)24-12-8-15(9-13-24)18(25)21-17-7-6-16(14-20-17)23-10-4-3-5-11-23/h6-7,14-15H,3-5,8-13H2,1-2H3,(H,20,21,25).